The Kier molecular flexibility index (Phi) is 6.15. The van der Waals surface area contributed by atoms with Gasteiger partial charge in [0.25, 0.3) is 5.91 Å². The van der Waals surface area contributed by atoms with Crippen LogP contribution in [0.3, 0.4) is 0 Å². The fourth-order valence-corrected chi connectivity index (χ4v) is 3.29. The Labute approximate surface area is 169 Å². The summed E-state index contributed by atoms with van der Waals surface area (Å²) in [7, 11) is 0. The van der Waals surface area contributed by atoms with Crippen molar-refractivity contribution in [1.29, 1.82) is 0 Å². The summed E-state index contributed by atoms with van der Waals surface area (Å²) < 4.78 is 11.3. The molecule has 2 amide bonds. The summed E-state index contributed by atoms with van der Waals surface area (Å²) in [4.78, 5) is 40.1. The molecular formula is C22H26N2O5. The molecule has 0 aliphatic carbocycles. The first-order valence-electron chi connectivity index (χ1n) is 9.82. The van der Waals surface area contributed by atoms with E-state index in [-0.39, 0.29) is 18.3 Å². The Bertz CT molecular complexity index is 932. The van der Waals surface area contributed by atoms with E-state index in [1.54, 1.807) is 6.20 Å². The van der Waals surface area contributed by atoms with Gasteiger partial charge in [0, 0.05) is 24.4 Å². The van der Waals surface area contributed by atoms with Crippen LogP contribution in [0.4, 0.5) is 0 Å². The normalized spacial score (nSPS) is 17.6. The zero-order chi connectivity index (χ0) is 21.0. The fourth-order valence-electron chi connectivity index (χ4n) is 3.29. The summed E-state index contributed by atoms with van der Waals surface area (Å²) in [5.74, 6) is -0.625. The lowest BCUT2D eigenvalue weighted by atomic mass is 10.0. The number of hydrogen-bond donors (Lipinski definition) is 1. The number of nitrogens with one attached hydrogen (secondary N) is 1. The van der Waals surface area contributed by atoms with Gasteiger partial charge in [0.05, 0.1) is 0 Å². The fraction of sp³-hybridized carbons (Fsp3) is 0.455. The molecule has 1 atom stereocenters. The topological polar surface area (TPSA) is 94.6 Å². The Morgan fingerprint density at radius 2 is 2.00 bits per heavy atom. The van der Waals surface area contributed by atoms with E-state index in [2.05, 4.69) is 10.3 Å². The average molecular weight is 398 g/mol. The standard InChI is InChI=1S/C22H26N2O5/c1-22(2,3)29-19(26)11-10-14-6-4-7-16-15(14)12-13-23-21(16)28-17-8-5-9-18(25)24-20(17)27/h4,6-7,12-13,17H,5,8-11H2,1-3H3,(H,24,25,27). The number of aromatic nitrogens is 1. The van der Waals surface area contributed by atoms with E-state index in [0.29, 0.717) is 31.6 Å². The third-order valence-corrected chi connectivity index (χ3v) is 4.56. The number of esters is 1. The summed E-state index contributed by atoms with van der Waals surface area (Å²) >= 11 is 0. The molecule has 7 nitrogen and oxygen atoms in total. The molecule has 1 aliphatic heterocycles. The van der Waals surface area contributed by atoms with E-state index in [1.807, 2.05) is 45.0 Å². The summed E-state index contributed by atoms with van der Waals surface area (Å²) in [5, 5.41) is 4.01. The predicted molar refractivity (Wildman–Crippen MR) is 107 cm³/mol. The second-order valence-corrected chi connectivity index (χ2v) is 8.13. The molecule has 0 radical (unpaired) electrons. The van der Waals surface area contributed by atoms with Gasteiger partial charge in [-0.05, 0) is 63.1 Å². The number of carbonyl (C=O) groups is 3. The SMILES string of the molecule is CC(C)(C)OC(=O)CCc1cccc2c(OC3CCCC(=O)NC3=O)nccc12. The number of pyridine rings is 1. The van der Waals surface area contributed by atoms with Crippen LogP contribution < -0.4 is 10.1 Å². The number of rotatable bonds is 5. The first-order valence-corrected chi connectivity index (χ1v) is 9.82. The van der Waals surface area contributed by atoms with Gasteiger partial charge in [-0.15, -0.1) is 0 Å². The van der Waals surface area contributed by atoms with E-state index in [9.17, 15) is 14.4 Å². The molecule has 1 saturated heterocycles. The van der Waals surface area contributed by atoms with E-state index < -0.39 is 17.6 Å². The number of aryl methyl sites for hydroxylation is 1. The van der Waals surface area contributed by atoms with Gasteiger partial charge in [0.1, 0.15) is 5.60 Å². The Hall–Kier alpha value is -2.96. The van der Waals surface area contributed by atoms with Crippen LogP contribution in [0.25, 0.3) is 10.8 Å². The summed E-state index contributed by atoms with van der Waals surface area (Å²) in [5.41, 5.74) is 0.461. The zero-order valence-corrected chi connectivity index (χ0v) is 17.0. The van der Waals surface area contributed by atoms with Crippen molar-refractivity contribution in [3.63, 3.8) is 0 Å². The highest BCUT2D eigenvalue weighted by Crippen LogP contribution is 2.28. The van der Waals surface area contributed by atoms with Crippen molar-refractivity contribution >= 4 is 28.6 Å². The van der Waals surface area contributed by atoms with Gasteiger partial charge >= 0.3 is 5.97 Å². The number of hydrogen-bond acceptors (Lipinski definition) is 6. The van der Waals surface area contributed by atoms with Gasteiger partial charge in [0.15, 0.2) is 6.10 Å². The highest BCUT2D eigenvalue weighted by molar-refractivity contribution is 5.98. The molecule has 1 aromatic heterocycles. The first kappa shape index (κ1) is 20.8. The maximum atomic E-state index is 12.2. The van der Waals surface area contributed by atoms with E-state index in [4.69, 9.17) is 9.47 Å². The van der Waals surface area contributed by atoms with Gasteiger partial charge in [-0.1, -0.05) is 12.1 Å². The van der Waals surface area contributed by atoms with E-state index in [1.165, 1.54) is 0 Å². The number of fused-ring (bicyclic) bond motifs is 1. The molecule has 0 bridgehead atoms. The Balaban J connectivity index is 1.79. The minimum absolute atomic E-state index is 0.250. The summed E-state index contributed by atoms with van der Waals surface area (Å²) in [6, 6.07) is 7.56. The van der Waals surface area contributed by atoms with Crippen molar-refractivity contribution in [2.45, 2.75) is 64.6 Å². The molecule has 1 unspecified atom stereocenters. The Morgan fingerprint density at radius 3 is 2.76 bits per heavy atom. The molecule has 2 heterocycles. The smallest absolute Gasteiger partial charge is 0.306 e. The lowest BCUT2D eigenvalue weighted by Gasteiger charge is -2.19. The largest absolute Gasteiger partial charge is 0.464 e. The van der Waals surface area contributed by atoms with Gasteiger partial charge in [-0.25, -0.2) is 4.98 Å². The van der Waals surface area contributed by atoms with Crippen LogP contribution in [0.2, 0.25) is 0 Å². The first-order chi connectivity index (χ1) is 13.7. The van der Waals surface area contributed by atoms with Gasteiger partial charge in [-0.3, -0.25) is 19.7 Å². The van der Waals surface area contributed by atoms with Gasteiger partial charge < -0.3 is 9.47 Å². The summed E-state index contributed by atoms with van der Waals surface area (Å²) in [6.45, 7) is 5.53. The third kappa shape index (κ3) is 5.53. The molecule has 1 fully saturated rings. The van der Waals surface area contributed by atoms with Gasteiger partial charge in [-0.2, -0.15) is 0 Å². The highest BCUT2D eigenvalue weighted by atomic mass is 16.6. The molecule has 1 N–H and O–H groups in total. The maximum absolute atomic E-state index is 12.2. The van der Waals surface area contributed by atoms with Crippen LogP contribution in [0.5, 0.6) is 5.88 Å². The van der Waals surface area contributed by atoms with E-state index >= 15 is 0 Å². The monoisotopic (exact) mass is 398 g/mol. The van der Waals surface area contributed by atoms with Crippen molar-refractivity contribution in [2.75, 3.05) is 0 Å². The van der Waals surface area contributed by atoms with Crippen LogP contribution in [-0.4, -0.2) is 34.5 Å². The number of carbonyl (C=O) groups excluding carboxylic acids is 3. The highest BCUT2D eigenvalue weighted by Gasteiger charge is 2.27. The maximum Gasteiger partial charge on any atom is 0.306 e. The third-order valence-electron chi connectivity index (χ3n) is 4.56. The van der Waals surface area contributed by atoms with Crippen molar-refractivity contribution in [3.05, 3.63) is 36.0 Å². The molecule has 1 aliphatic rings. The van der Waals surface area contributed by atoms with Gasteiger partial charge in [0.2, 0.25) is 11.8 Å². The molecule has 0 spiro atoms. The Morgan fingerprint density at radius 1 is 1.21 bits per heavy atom. The number of nitrogens with zero attached hydrogens (tertiary/aromatic N) is 1. The van der Waals surface area contributed by atoms with Crippen LogP contribution >= 0.6 is 0 Å². The van der Waals surface area contributed by atoms with Crippen LogP contribution in [0, 0.1) is 0 Å². The number of imide groups is 1. The van der Waals surface area contributed by atoms with Crippen LogP contribution in [0.1, 0.15) is 52.0 Å². The molecule has 1 aromatic carbocycles. The van der Waals surface area contributed by atoms with Crippen molar-refractivity contribution < 1.29 is 23.9 Å². The number of ether oxygens (including phenoxy) is 2. The molecule has 7 heteroatoms. The minimum Gasteiger partial charge on any atom is -0.464 e. The average Bonchev–Trinajstić information content (AvgIpc) is 2.79. The molecule has 0 saturated carbocycles. The molecule has 154 valence electrons. The molecule has 2 aromatic rings. The zero-order valence-electron chi connectivity index (χ0n) is 17.0. The quantitative estimate of drug-likeness (QED) is 0.614. The van der Waals surface area contributed by atoms with Crippen molar-refractivity contribution in [3.8, 4) is 5.88 Å². The van der Waals surface area contributed by atoms with E-state index in [0.717, 1.165) is 16.3 Å². The van der Waals surface area contributed by atoms with Crippen molar-refractivity contribution in [2.24, 2.45) is 0 Å². The second kappa shape index (κ2) is 8.59. The summed E-state index contributed by atoms with van der Waals surface area (Å²) in [6.07, 6.45) is 2.99. The molecular weight excluding hydrogens is 372 g/mol. The number of amides is 2. The lowest BCUT2D eigenvalue weighted by molar-refractivity contribution is -0.154. The molecule has 3 rings (SSSR count). The number of benzene rings is 1. The lowest BCUT2D eigenvalue weighted by Crippen LogP contribution is -2.39. The predicted octanol–water partition coefficient (Wildman–Crippen LogP) is 3.08. The minimum atomic E-state index is -0.759. The van der Waals surface area contributed by atoms with Crippen LogP contribution in [0.15, 0.2) is 30.5 Å². The second-order valence-electron chi connectivity index (χ2n) is 8.13. The van der Waals surface area contributed by atoms with Crippen molar-refractivity contribution in [1.82, 2.24) is 10.3 Å². The van der Waals surface area contributed by atoms with Crippen LogP contribution in [-0.2, 0) is 25.5 Å². The molecule has 29 heavy (non-hydrogen) atoms.